The number of carbonyl (C=O) groups excluding carboxylic acids is 1. The topological polar surface area (TPSA) is 89.7 Å². The molecule has 27 heavy (non-hydrogen) atoms. The predicted molar refractivity (Wildman–Crippen MR) is 110 cm³/mol. The molecule has 7 nitrogen and oxygen atoms in total. The summed E-state index contributed by atoms with van der Waals surface area (Å²) >= 11 is 0. The van der Waals surface area contributed by atoms with Gasteiger partial charge in [0.25, 0.3) is 0 Å². The summed E-state index contributed by atoms with van der Waals surface area (Å²) in [5.41, 5.74) is 6.55. The van der Waals surface area contributed by atoms with Crippen molar-refractivity contribution >= 4 is 36.5 Å². The van der Waals surface area contributed by atoms with Gasteiger partial charge in [0, 0.05) is 32.4 Å². The first kappa shape index (κ1) is 23.9. The van der Waals surface area contributed by atoms with E-state index in [1.165, 1.54) is 0 Å². The monoisotopic (exact) mass is 420 g/mol. The quantitative estimate of drug-likeness (QED) is 0.752. The number of halogens is 2. The van der Waals surface area contributed by atoms with Crippen LogP contribution in [0.2, 0.25) is 0 Å². The van der Waals surface area contributed by atoms with Gasteiger partial charge in [-0.3, -0.25) is 4.79 Å². The van der Waals surface area contributed by atoms with E-state index in [0.717, 1.165) is 37.3 Å². The molecule has 0 spiro atoms. The van der Waals surface area contributed by atoms with E-state index in [2.05, 4.69) is 29.0 Å². The maximum atomic E-state index is 12.1. The number of pyridine rings is 1. The highest BCUT2D eigenvalue weighted by Crippen LogP contribution is 2.20. The van der Waals surface area contributed by atoms with Gasteiger partial charge in [-0.05, 0) is 38.3 Å². The third-order valence-corrected chi connectivity index (χ3v) is 4.68. The van der Waals surface area contributed by atoms with Crippen molar-refractivity contribution in [2.45, 2.75) is 57.6 Å². The standard InChI is InChI=1S/C18H28N4O3.2ClH/c1-12-10-22(11-13(2)24-12)17-6-3-14(8-20-17)9-21-18(23)16-5-4-15(7-19)25-16;;/h3,6,8,12-13,15-16H,4-5,7,9-11,19H2,1-2H3,(H,21,23);2*1H/t12?,13?,15-,16+;;/m1../s1. The van der Waals surface area contributed by atoms with Crippen molar-refractivity contribution in [2.24, 2.45) is 5.73 Å². The molecule has 2 saturated heterocycles. The number of aromatic nitrogens is 1. The van der Waals surface area contributed by atoms with E-state index in [-0.39, 0.29) is 55.1 Å². The van der Waals surface area contributed by atoms with Crippen molar-refractivity contribution in [3.63, 3.8) is 0 Å². The summed E-state index contributed by atoms with van der Waals surface area (Å²) in [6.07, 6.45) is 3.44. The van der Waals surface area contributed by atoms with Crippen molar-refractivity contribution in [3.8, 4) is 0 Å². The molecule has 3 heterocycles. The SMILES string of the molecule is CC1CN(c2ccc(CNC(=O)[C@@H]3CC[C@H](CN)O3)cn2)CC(C)O1.Cl.Cl. The number of carbonyl (C=O) groups is 1. The molecule has 1 aromatic rings. The lowest BCUT2D eigenvalue weighted by Gasteiger charge is -2.36. The van der Waals surface area contributed by atoms with Crippen LogP contribution in [0.15, 0.2) is 18.3 Å². The third-order valence-electron chi connectivity index (χ3n) is 4.68. The van der Waals surface area contributed by atoms with Crippen molar-refractivity contribution in [1.29, 1.82) is 0 Å². The summed E-state index contributed by atoms with van der Waals surface area (Å²) < 4.78 is 11.4. The van der Waals surface area contributed by atoms with Gasteiger partial charge in [-0.15, -0.1) is 24.8 Å². The number of nitrogens with one attached hydrogen (secondary N) is 1. The molecule has 2 fully saturated rings. The number of anilines is 1. The van der Waals surface area contributed by atoms with Gasteiger partial charge in [0.2, 0.25) is 5.91 Å². The smallest absolute Gasteiger partial charge is 0.249 e. The number of hydrogen-bond acceptors (Lipinski definition) is 6. The van der Waals surface area contributed by atoms with E-state index in [4.69, 9.17) is 15.2 Å². The number of hydrogen-bond donors (Lipinski definition) is 2. The van der Waals surface area contributed by atoms with Crippen molar-refractivity contribution < 1.29 is 14.3 Å². The Morgan fingerprint density at radius 3 is 2.48 bits per heavy atom. The fraction of sp³-hybridized carbons (Fsp3) is 0.667. The molecule has 0 aromatic carbocycles. The molecule has 0 aliphatic carbocycles. The van der Waals surface area contributed by atoms with Crippen LogP contribution in [0.1, 0.15) is 32.3 Å². The van der Waals surface area contributed by atoms with Crippen LogP contribution in [0.5, 0.6) is 0 Å². The molecule has 0 radical (unpaired) electrons. The molecular weight excluding hydrogens is 391 g/mol. The summed E-state index contributed by atoms with van der Waals surface area (Å²) in [6.45, 7) is 6.76. The normalized spacial score (nSPS) is 27.4. The van der Waals surface area contributed by atoms with Crippen LogP contribution >= 0.6 is 24.8 Å². The van der Waals surface area contributed by atoms with E-state index < -0.39 is 0 Å². The molecule has 3 N–H and O–H groups in total. The Hall–Kier alpha value is -1.12. The Morgan fingerprint density at radius 2 is 1.93 bits per heavy atom. The van der Waals surface area contributed by atoms with E-state index in [0.29, 0.717) is 13.1 Å². The Bertz CT molecular complexity index is 580. The van der Waals surface area contributed by atoms with Gasteiger partial charge < -0.3 is 25.4 Å². The van der Waals surface area contributed by atoms with Crippen LogP contribution in [0.4, 0.5) is 5.82 Å². The Kier molecular flexibility index (Phi) is 9.76. The molecule has 9 heteroatoms. The van der Waals surface area contributed by atoms with Crippen LogP contribution < -0.4 is 16.0 Å². The predicted octanol–water partition coefficient (Wildman–Crippen LogP) is 1.66. The first-order valence-corrected chi connectivity index (χ1v) is 9.03. The van der Waals surface area contributed by atoms with E-state index in [1.807, 2.05) is 18.3 Å². The average Bonchev–Trinajstić information content (AvgIpc) is 3.08. The Labute approximate surface area is 173 Å². The number of morpholine rings is 1. The molecule has 1 aromatic heterocycles. The van der Waals surface area contributed by atoms with E-state index >= 15 is 0 Å². The van der Waals surface area contributed by atoms with Gasteiger partial charge in [-0.1, -0.05) is 6.07 Å². The van der Waals surface area contributed by atoms with Crippen LogP contribution in [0.25, 0.3) is 0 Å². The van der Waals surface area contributed by atoms with E-state index in [9.17, 15) is 4.79 Å². The summed E-state index contributed by atoms with van der Waals surface area (Å²) in [5.74, 6) is 0.873. The molecule has 154 valence electrons. The highest BCUT2D eigenvalue weighted by Gasteiger charge is 2.29. The lowest BCUT2D eigenvalue weighted by atomic mass is 10.2. The first-order valence-electron chi connectivity index (χ1n) is 9.03. The van der Waals surface area contributed by atoms with Gasteiger partial charge in [0.15, 0.2) is 0 Å². The van der Waals surface area contributed by atoms with Crippen LogP contribution in [0.3, 0.4) is 0 Å². The summed E-state index contributed by atoms with van der Waals surface area (Å²) in [5, 5.41) is 2.92. The highest BCUT2D eigenvalue weighted by atomic mass is 35.5. The fourth-order valence-corrected chi connectivity index (χ4v) is 3.45. The van der Waals surface area contributed by atoms with Gasteiger partial charge in [-0.2, -0.15) is 0 Å². The molecule has 2 aliphatic rings. The zero-order valence-electron chi connectivity index (χ0n) is 15.8. The minimum absolute atomic E-state index is 0. The molecular formula is C18H30Cl2N4O3. The molecule has 2 aliphatic heterocycles. The number of nitrogens with two attached hydrogens (primary N) is 1. The summed E-state index contributed by atoms with van der Waals surface area (Å²) in [7, 11) is 0. The zero-order chi connectivity index (χ0) is 17.8. The maximum Gasteiger partial charge on any atom is 0.249 e. The zero-order valence-corrected chi connectivity index (χ0v) is 17.4. The summed E-state index contributed by atoms with van der Waals surface area (Å²) in [6, 6.07) is 4.01. The highest BCUT2D eigenvalue weighted by molar-refractivity contribution is 5.85. The Balaban J connectivity index is 0.00000182. The minimum atomic E-state index is -0.378. The van der Waals surface area contributed by atoms with Gasteiger partial charge in [0.05, 0.1) is 18.3 Å². The van der Waals surface area contributed by atoms with Gasteiger partial charge in [0.1, 0.15) is 11.9 Å². The fourth-order valence-electron chi connectivity index (χ4n) is 3.45. The van der Waals surface area contributed by atoms with Gasteiger partial charge in [-0.25, -0.2) is 4.98 Å². The molecule has 0 bridgehead atoms. The lowest BCUT2D eigenvalue weighted by molar-refractivity contribution is -0.132. The number of ether oxygens (including phenoxy) is 2. The van der Waals surface area contributed by atoms with Crippen molar-refractivity contribution in [1.82, 2.24) is 10.3 Å². The van der Waals surface area contributed by atoms with Gasteiger partial charge >= 0.3 is 0 Å². The maximum absolute atomic E-state index is 12.1. The molecule has 0 saturated carbocycles. The second kappa shape index (κ2) is 11.0. The third kappa shape index (κ3) is 6.47. The van der Waals surface area contributed by atoms with Crippen LogP contribution in [0, 0.1) is 0 Å². The number of amides is 1. The van der Waals surface area contributed by atoms with E-state index in [1.54, 1.807) is 0 Å². The summed E-state index contributed by atoms with van der Waals surface area (Å²) in [4.78, 5) is 18.9. The largest absolute Gasteiger partial charge is 0.372 e. The molecule has 1 amide bonds. The van der Waals surface area contributed by atoms with Crippen LogP contribution in [-0.2, 0) is 20.8 Å². The van der Waals surface area contributed by atoms with Crippen molar-refractivity contribution in [2.75, 3.05) is 24.5 Å². The first-order chi connectivity index (χ1) is 12.0. The van der Waals surface area contributed by atoms with Crippen molar-refractivity contribution in [3.05, 3.63) is 23.9 Å². The molecule has 2 unspecified atom stereocenters. The number of rotatable bonds is 5. The second-order valence-corrected chi connectivity index (χ2v) is 6.96. The second-order valence-electron chi connectivity index (χ2n) is 6.96. The van der Waals surface area contributed by atoms with Crippen LogP contribution in [-0.4, -0.2) is 54.9 Å². The molecule has 3 rings (SSSR count). The average molecular weight is 421 g/mol. The Morgan fingerprint density at radius 1 is 1.22 bits per heavy atom. The minimum Gasteiger partial charge on any atom is -0.372 e. The lowest BCUT2D eigenvalue weighted by Crippen LogP contribution is -2.45. The number of nitrogens with zero attached hydrogens (tertiary/aromatic N) is 2. The molecule has 4 atom stereocenters.